The second kappa shape index (κ2) is 7.96. The molecule has 0 atom stereocenters. The summed E-state index contributed by atoms with van der Waals surface area (Å²) in [5, 5.41) is 5.96. The van der Waals surface area contributed by atoms with Crippen molar-refractivity contribution in [3.63, 3.8) is 0 Å². The van der Waals surface area contributed by atoms with Gasteiger partial charge in [0.2, 0.25) is 5.95 Å². The van der Waals surface area contributed by atoms with Crippen LogP contribution in [0.5, 0.6) is 0 Å². The summed E-state index contributed by atoms with van der Waals surface area (Å²) in [6, 6.07) is 6.59. The van der Waals surface area contributed by atoms with E-state index in [2.05, 4.69) is 25.5 Å². The molecule has 130 valence electrons. The Hall–Kier alpha value is -2.35. The van der Waals surface area contributed by atoms with Crippen LogP contribution in [0.2, 0.25) is 0 Å². The largest absolute Gasteiger partial charge is 0.416 e. The third-order valence-electron chi connectivity index (χ3n) is 3.18. The van der Waals surface area contributed by atoms with Gasteiger partial charge in [0.25, 0.3) is 0 Å². The lowest BCUT2D eigenvalue weighted by atomic mass is 10.2. The third-order valence-corrected chi connectivity index (χ3v) is 3.18. The zero-order valence-electron chi connectivity index (χ0n) is 13.6. The topological polar surface area (TPSA) is 53.1 Å². The van der Waals surface area contributed by atoms with Crippen molar-refractivity contribution in [2.24, 2.45) is 0 Å². The lowest BCUT2D eigenvalue weighted by Gasteiger charge is -2.12. The predicted octanol–water partition coefficient (Wildman–Crippen LogP) is 3.60. The van der Waals surface area contributed by atoms with Gasteiger partial charge in [-0.1, -0.05) is 6.07 Å². The fourth-order valence-corrected chi connectivity index (χ4v) is 2.03. The van der Waals surface area contributed by atoms with Gasteiger partial charge in [0.05, 0.1) is 5.56 Å². The average molecular weight is 339 g/mol. The van der Waals surface area contributed by atoms with E-state index in [9.17, 15) is 13.2 Å². The number of halogens is 3. The second-order valence-corrected chi connectivity index (χ2v) is 5.55. The number of rotatable bonds is 7. The van der Waals surface area contributed by atoms with E-state index in [0.29, 0.717) is 24.0 Å². The molecule has 8 heteroatoms. The summed E-state index contributed by atoms with van der Waals surface area (Å²) in [7, 11) is 3.99. The molecule has 0 fully saturated rings. The highest BCUT2D eigenvalue weighted by molar-refractivity contribution is 5.58. The van der Waals surface area contributed by atoms with E-state index in [1.807, 2.05) is 14.1 Å². The Labute approximate surface area is 138 Å². The number of hydrogen-bond acceptors (Lipinski definition) is 5. The molecule has 2 rings (SSSR count). The minimum absolute atomic E-state index is 0.321. The van der Waals surface area contributed by atoms with E-state index in [1.54, 1.807) is 18.3 Å². The van der Waals surface area contributed by atoms with Crippen molar-refractivity contribution < 1.29 is 13.2 Å². The molecule has 0 aliphatic heterocycles. The van der Waals surface area contributed by atoms with Gasteiger partial charge in [0.1, 0.15) is 5.82 Å². The van der Waals surface area contributed by atoms with Gasteiger partial charge < -0.3 is 15.5 Å². The summed E-state index contributed by atoms with van der Waals surface area (Å²) in [6.07, 6.45) is -1.89. The highest BCUT2D eigenvalue weighted by atomic mass is 19.4. The van der Waals surface area contributed by atoms with Crippen molar-refractivity contribution in [3.8, 4) is 0 Å². The minimum Gasteiger partial charge on any atom is -0.354 e. The maximum absolute atomic E-state index is 12.7. The van der Waals surface area contributed by atoms with Crippen molar-refractivity contribution in [2.75, 3.05) is 37.8 Å². The maximum Gasteiger partial charge on any atom is 0.416 e. The first-order chi connectivity index (χ1) is 11.3. The Morgan fingerprint density at radius 2 is 1.96 bits per heavy atom. The molecule has 1 aromatic carbocycles. The molecule has 0 aliphatic rings. The Kier molecular flexibility index (Phi) is 5.97. The molecule has 5 nitrogen and oxygen atoms in total. The van der Waals surface area contributed by atoms with E-state index in [-0.39, 0.29) is 0 Å². The molecule has 1 heterocycles. The molecule has 0 amide bonds. The SMILES string of the molecule is CN(C)CCCNc1nccc(Nc2cccc(C(F)(F)F)c2)n1. The van der Waals surface area contributed by atoms with Crippen LogP contribution in [0, 0.1) is 0 Å². The number of aromatic nitrogens is 2. The first kappa shape index (κ1) is 18.0. The smallest absolute Gasteiger partial charge is 0.354 e. The van der Waals surface area contributed by atoms with E-state index in [1.165, 1.54) is 6.07 Å². The van der Waals surface area contributed by atoms with Crippen LogP contribution in [0.3, 0.4) is 0 Å². The van der Waals surface area contributed by atoms with Crippen molar-refractivity contribution in [1.82, 2.24) is 14.9 Å². The number of benzene rings is 1. The van der Waals surface area contributed by atoms with Gasteiger partial charge in [-0.3, -0.25) is 0 Å². The van der Waals surface area contributed by atoms with Crippen LogP contribution in [0.4, 0.5) is 30.6 Å². The molecule has 2 aromatic rings. The monoisotopic (exact) mass is 339 g/mol. The summed E-state index contributed by atoms with van der Waals surface area (Å²) in [5.74, 6) is 0.866. The summed E-state index contributed by atoms with van der Waals surface area (Å²) < 4.78 is 38.2. The van der Waals surface area contributed by atoms with E-state index in [4.69, 9.17) is 0 Å². The molecule has 0 bridgehead atoms. The number of nitrogens with zero attached hydrogens (tertiary/aromatic N) is 3. The third kappa shape index (κ3) is 5.69. The number of hydrogen-bond donors (Lipinski definition) is 2. The number of alkyl halides is 3. The van der Waals surface area contributed by atoms with Gasteiger partial charge in [0.15, 0.2) is 0 Å². The molecule has 0 unspecified atom stereocenters. The zero-order valence-corrected chi connectivity index (χ0v) is 13.6. The molecular weight excluding hydrogens is 319 g/mol. The summed E-state index contributed by atoms with van der Waals surface area (Å²) in [5.41, 5.74) is -0.384. The van der Waals surface area contributed by atoms with Crippen LogP contribution < -0.4 is 10.6 Å². The molecular formula is C16H20F3N5. The zero-order chi connectivity index (χ0) is 17.6. The number of nitrogens with one attached hydrogen (secondary N) is 2. The van der Waals surface area contributed by atoms with Gasteiger partial charge in [-0.25, -0.2) is 4.98 Å². The first-order valence-corrected chi connectivity index (χ1v) is 7.50. The summed E-state index contributed by atoms with van der Waals surface area (Å²) in [6.45, 7) is 1.65. The van der Waals surface area contributed by atoms with Gasteiger partial charge in [0, 0.05) is 18.4 Å². The van der Waals surface area contributed by atoms with E-state index in [0.717, 1.165) is 25.1 Å². The molecule has 0 radical (unpaired) electrons. The van der Waals surface area contributed by atoms with E-state index >= 15 is 0 Å². The first-order valence-electron chi connectivity index (χ1n) is 7.50. The van der Waals surface area contributed by atoms with Gasteiger partial charge in [-0.2, -0.15) is 18.2 Å². The normalized spacial score (nSPS) is 11.6. The molecule has 0 saturated heterocycles. The highest BCUT2D eigenvalue weighted by Crippen LogP contribution is 2.31. The predicted molar refractivity (Wildman–Crippen MR) is 88.4 cm³/mol. The fraction of sp³-hybridized carbons (Fsp3) is 0.375. The number of anilines is 3. The van der Waals surface area contributed by atoms with Crippen LogP contribution in [0.25, 0.3) is 0 Å². The van der Waals surface area contributed by atoms with E-state index < -0.39 is 11.7 Å². The van der Waals surface area contributed by atoms with Crippen LogP contribution in [0.1, 0.15) is 12.0 Å². The Morgan fingerprint density at radius 3 is 2.67 bits per heavy atom. The van der Waals surface area contributed by atoms with Crippen molar-refractivity contribution in [2.45, 2.75) is 12.6 Å². The fourth-order valence-electron chi connectivity index (χ4n) is 2.03. The van der Waals surface area contributed by atoms with Gasteiger partial charge >= 0.3 is 6.18 Å². The molecule has 2 N–H and O–H groups in total. The standard InChI is InChI=1S/C16H20F3N5/c1-24(2)10-4-8-20-15-21-9-7-14(23-15)22-13-6-3-5-12(11-13)16(17,18)19/h3,5-7,9,11H,4,8,10H2,1-2H3,(H2,20,21,22,23). The van der Waals surface area contributed by atoms with Crippen LogP contribution in [-0.2, 0) is 6.18 Å². The Morgan fingerprint density at radius 1 is 1.17 bits per heavy atom. The summed E-state index contributed by atoms with van der Waals surface area (Å²) >= 11 is 0. The Balaban J connectivity index is 1.99. The quantitative estimate of drug-likeness (QED) is 0.755. The second-order valence-electron chi connectivity index (χ2n) is 5.55. The molecule has 1 aromatic heterocycles. The maximum atomic E-state index is 12.7. The van der Waals surface area contributed by atoms with Crippen molar-refractivity contribution >= 4 is 17.5 Å². The van der Waals surface area contributed by atoms with Crippen LogP contribution in [0.15, 0.2) is 36.5 Å². The lowest BCUT2D eigenvalue weighted by molar-refractivity contribution is -0.137. The van der Waals surface area contributed by atoms with Crippen molar-refractivity contribution in [1.29, 1.82) is 0 Å². The minimum atomic E-state index is -4.37. The average Bonchev–Trinajstić information content (AvgIpc) is 2.51. The van der Waals surface area contributed by atoms with Gasteiger partial charge in [-0.15, -0.1) is 0 Å². The molecule has 0 aliphatic carbocycles. The van der Waals surface area contributed by atoms with Crippen molar-refractivity contribution in [3.05, 3.63) is 42.1 Å². The highest BCUT2D eigenvalue weighted by Gasteiger charge is 2.30. The molecule has 0 saturated carbocycles. The van der Waals surface area contributed by atoms with Crippen LogP contribution >= 0.6 is 0 Å². The van der Waals surface area contributed by atoms with Crippen LogP contribution in [-0.4, -0.2) is 42.1 Å². The lowest BCUT2D eigenvalue weighted by Crippen LogP contribution is -2.17. The molecule has 0 spiro atoms. The molecule has 24 heavy (non-hydrogen) atoms. The Bertz CT molecular complexity index is 658. The summed E-state index contributed by atoms with van der Waals surface area (Å²) in [4.78, 5) is 10.4. The van der Waals surface area contributed by atoms with Gasteiger partial charge in [-0.05, 0) is 51.3 Å².